The van der Waals surface area contributed by atoms with Gasteiger partial charge in [-0.2, -0.15) is 5.90 Å². The molecular weight excluding hydrogens is 887 g/mol. The Morgan fingerprint density at radius 2 is 1.08 bits per heavy atom. The molecule has 2 N–H and O–H groups in total. The van der Waals surface area contributed by atoms with Crippen molar-refractivity contribution in [3.63, 3.8) is 0 Å². The van der Waals surface area contributed by atoms with Gasteiger partial charge in [0.1, 0.15) is 5.75 Å². The summed E-state index contributed by atoms with van der Waals surface area (Å²) >= 11 is 0. The summed E-state index contributed by atoms with van der Waals surface area (Å²) < 4.78 is 5.73. The Balaban J connectivity index is 0.990. The van der Waals surface area contributed by atoms with Gasteiger partial charge >= 0.3 is 5.97 Å². The third-order valence-electron chi connectivity index (χ3n) is 13.6. The maximum Gasteiger partial charge on any atom is 0.343 e. The number of benzene rings is 11. The Bertz CT molecular complexity index is 3820. The second-order valence-electron chi connectivity index (χ2n) is 17.8. The van der Waals surface area contributed by atoms with Crippen molar-refractivity contribution < 1.29 is 29.1 Å². The Kier molecular flexibility index (Phi) is 11.2. The fourth-order valence-electron chi connectivity index (χ4n) is 9.86. The summed E-state index contributed by atoms with van der Waals surface area (Å²) in [7, 11) is 0. The minimum absolute atomic E-state index is 0.0829. The third kappa shape index (κ3) is 8.12. The zero-order valence-corrected chi connectivity index (χ0v) is 38.5. The van der Waals surface area contributed by atoms with Crippen molar-refractivity contribution in [2.75, 3.05) is 4.90 Å². The van der Waals surface area contributed by atoms with Crippen LogP contribution in [0, 0.1) is 17.0 Å². The summed E-state index contributed by atoms with van der Waals surface area (Å²) in [5, 5.41) is 20.9. The van der Waals surface area contributed by atoms with Crippen LogP contribution in [0.1, 0.15) is 55.5 Å². The highest BCUT2D eigenvalue weighted by Gasteiger charge is 2.32. The lowest BCUT2D eigenvalue weighted by Crippen LogP contribution is -2.25. The number of aryl methyl sites for hydroxylation is 1. The number of ether oxygens (including phenoxy) is 1. The Morgan fingerprint density at radius 3 is 1.75 bits per heavy atom. The normalized spacial score (nSPS) is 12.3. The molecule has 1 unspecified atom stereocenters. The summed E-state index contributed by atoms with van der Waals surface area (Å²) in [4.78, 5) is 49.6. The molecule has 10 nitrogen and oxygen atoms in total. The first kappa shape index (κ1) is 44.3. The van der Waals surface area contributed by atoms with Crippen LogP contribution in [0.5, 0.6) is 11.5 Å². The number of nitro groups is 1. The summed E-state index contributed by atoms with van der Waals surface area (Å²) in [5.41, 5.74) is 6.73. The van der Waals surface area contributed by atoms with Gasteiger partial charge in [-0.1, -0.05) is 156 Å². The van der Waals surface area contributed by atoms with E-state index in [2.05, 4.69) is 127 Å². The molecular formula is C61H43N3O7. The van der Waals surface area contributed by atoms with Gasteiger partial charge in [0.05, 0.1) is 22.2 Å². The molecule has 0 aliphatic carbocycles. The topological polar surface area (TPSA) is 134 Å². The van der Waals surface area contributed by atoms with Crippen LogP contribution in [-0.4, -0.2) is 16.7 Å². The van der Waals surface area contributed by atoms with Crippen molar-refractivity contribution in [3.8, 4) is 11.5 Å². The van der Waals surface area contributed by atoms with Gasteiger partial charge in [-0.3, -0.25) is 14.9 Å². The van der Waals surface area contributed by atoms with E-state index in [1.54, 1.807) is 12.1 Å². The molecule has 11 aromatic carbocycles. The summed E-state index contributed by atoms with van der Waals surface area (Å²) in [6.45, 7) is 4.22. The van der Waals surface area contributed by atoms with Crippen molar-refractivity contribution in [3.05, 3.63) is 261 Å². The molecule has 0 fully saturated rings. The van der Waals surface area contributed by atoms with Gasteiger partial charge in [0.15, 0.2) is 11.5 Å². The molecule has 11 aromatic rings. The van der Waals surface area contributed by atoms with E-state index in [0.29, 0.717) is 11.1 Å². The van der Waals surface area contributed by atoms with E-state index in [-0.39, 0.29) is 22.8 Å². The van der Waals surface area contributed by atoms with Gasteiger partial charge in [-0.15, -0.1) is 0 Å². The van der Waals surface area contributed by atoms with Crippen LogP contribution in [0.3, 0.4) is 0 Å². The second-order valence-corrected chi connectivity index (χ2v) is 17.8. The molecule has 71 heavy (non-hydrogen) atoms. The van der Waals surface area contributed by atoms with E-state index in [1.807, 2.05) is 78.9 Å². The molecule has 0 saturated heterocycles. The minimum atomic E-state index is -0.851. The molecule has 10 heteroatoms. The molecule has 344 valence electrons. The number of non-ortho nitro benzene ring substituents is 1. The Morgan fingerprint density at radius 1 is 0.535 bits per heavy atom. The van der Waals surface area contributed by atoms with Crippen LogP contribution in [0.15, 0.2) is 212 Å². The highest BCUT2D eigenvalue weighted by atomic mass is 17.3. The van der Waals surface area contributed by atoms with E-state index in [4.69, 9.17) is 15.5 Å². The molecule has 0 radical (unpaired) electrons. The first-order valence-electron chi connectivity index (χ1n) is 23.0. The van der Waals surface area contributed by atoms with E-state index in [1.165, 1.54) is 33.0 Å². The predicted molar refractivity (Wildman–Crippen MR) is 279 cm³/mol. The molecule has 0 saturated carbocycles. The molecule has 0 spiro atoms. The fraction of sp³-hybridized carbons (Fsp3) is 0.0492. The number of fused-ring (bicyclic) bond motifs is 1. The zero-order chi connectivity index (χ0) is 48.8. The molecule has 0 amide bonds. The van der Waals surface area contributed by atoms with Crippen molar-refractivity contribution >= 4 is 77.6 Å². The number of carbonyl (C=O) groups excluding carboxylic acids is 2. The average molecular weight is 930 g/mol. The van der Waals surface area contributed by atoms with Gasteiger partial charge in [0, 0.05) is 39.4 Å². The van der Waals surface area contributed by atoms with Gasteiger partial charge in [0.2, 0.25) is 0 Å². The molecule has 11 rings (SSSR count). The van der Waals surface area contributed by atoms with Gasteiger partial charge in [-0.05, 0) is 123 Å². The Labute approximate surface area is 408 Å². The first-order chi connectivity index (χ1) is 34.5. The van der Waals surface area contributed by atoms with E-state index in [9.17, 15) is 19.7 Å². The number of anilines is 3. The number of ketones is 1. The number of nitro benzene ring substituents is 1. The SMILES string of the molecule is Cc1ccc(N(c2ccc(C(C)(c3ccc(OC(=O)c4cc(OON)cc([N+](=O)[O-])c4)cc3)c3ccc(C(=O)c4ccc5ccccc5c4)cc3)cc2)c2ccc3ccc4cccc5ccc2c3c45)cc1. The molecule has 1 atom stereocenters. The molecule has 0 bridgehead atoms. The number of nitrogens with zero attached hydrogens (tertiary/aromatic N) is 2. The maximum atomic E-state index is 14.0. The summed E-state index contributed by atoms with van der Waals surface area (Å²) in [6, 6.07) is 68.8. The predicted octanol–water partition coefficient (Wildman–Crippen LogP) is 14.4. The summed E-state index contributed by atoms with van der Waals surface area (Å²) in [6.07, 6.45) is 0. The molecule has 0 heterocycles. The number of nitrogens with two attached hydrogens (primary N) is 1. The standard InChI is InChI=1S/C61H43N3O7/c1-38-10-26-50(27-11-38)63(56-33-19-42-14-13-40-8-5-9-41-18-32-55(56)58(42)57(40)41)51-28-22-48(23-29-51)61(2,47-20-16-43(17-21-47)59(65)45-15-12-39-6-3-4-7-44(39)34-45)49-24-30-53(31-25-49)69-60(66)46-35-52(64(67)68)37-54(36-46)70-71-62/h3-37H,62H2,1-2H3. The lowest BCUT2D eigenvalue weighted by molar-refractivity contribution is -0.385. The van der Waals surface area contributed by atoms with Crippen molar-refractivity contribution in [1.29, 1.82) is 0 Å². The van der Waals surface area contributed by atoms with Gasteiger partial charge < -0.3 is 14.5 Å². The monoisotopic (exact) mass is 929 g/mol. The van der Waals surface area contributed by atoms with Crippen LogP contribution < -0.4 is 20.4 Å². The van der Waals surface area contributed by atoms with Crippen LogP contribution in [0.4, 0.5) is 22.7 Å². The highest BCUT2D eigenvalue weighted by molar-refractivity contribution is 6.25. The third-order valence-corrected chi connectivity index (χ3v) is 13.6. The second kappa shape index (κ2) is 18.0. The largest absolute Gasteiger partial charge is 0.423 e. The molecule has 0 aromatic heterocycles. The summed E-state index contributed by atoms with van der Waals surface area (Å²) in [5.74, 6) is 4.15. The van der Waals surface area contributed by atoms with E-state index in [0.717, 1.165) is 67.6 Å². The van der Waals surface area contributed by atoms with Crippen LogP contribution in [-0.2, 0) is 10.4 Å². The zero-order valence-electron chi connectivity index (χ0n) is 38.5. The van der Waals surface area contributed by atoms with Crippen molar-refractivity contribution in [1.82, 2.24) is 0 Å². The highest BCUT2D eigenvalue weighted by Crippen LogP contribution is 2.46. The lowest BCUT2D eigenvalue weighted by atomic mass is 9.71. The Hall–Kier alpha value is -9.22. The quantitative estimate of drug-likeness (QED) is 0.0175. The number of esters is 1. The minimum Gasteiger partial charge on any atom is -0.423 e. The van der Waals surface area contributed by atoms with Gasteiger partial charge in [-0.25, -0.2) is 4.79 Å². The lowest BCUT2D eigenvalue weighted by Gasteiger charge is -2.33. The number of carbonyl (C=O) groups is 2. The number of hydrogen-bond acceptors (Lipinski definition) is 9. The number of hydrogen-bond donors (Lipinski definition) is 1. The van der Waals surface area contributed by atoms with Crippen LogP contribution >= 0.6 is 0 Å². The van der Waals surface area contributed by atoms with Crippen LogP contribution in [0.2, 0.25) is 0 Å². The maximum absolute atomic E-state index is 14.0. The fourth-order valence-corrected chi connectivity index (χ4v) is 9.86. The average Bonchev–Trinajstić information content (AvgIpc) is 3.41. The molecule has 0 aliphatic rings. The van der Waals surface area contributed by atoms with Crippen molar-refractivity contribution in [2.45, 2.75) is 19.3 Å². The van der Waals surface area contributed by atoms with E-state index < -0.39 is 22.0 Å². The first-order valence-corrected chi connectivity index (χ1v) is 23.0. The number of rotatable bonds is 13. The van der Waals surface area contributed by atoms with Gasteiger partial charge in [0.25, 0.3) is 5.69 Å². The van der Waals surface area contributed by atoms with Crippen LogP contribution in [0.25, 0.3) is 43.1 Å². The van der Waals surface area contributed by atoms with Crippen molar-refractivity contribution in [2.24, 2.45) is 5.90 Å². The van der Waals surface area contributed by atoms with E-state index >= 15 is 0 Å². The smallest absolute Gasteiger partial charge is 0.343 e. The molecule has 0 aliphatic heterocycles.